The molecule has 3 aromatic rings. The van der Waals surface area contributed by atoms with Crippen molar-refractivity contribution in [1.29, 1.82) is 0 Å². The molecule has 8 heteroatoms. The van der Waals surface area contributed by atoms with E-state index in [1.165, 1.54) is 42.6 Å². The monoisotopic (exact) mass is 520 g/mol. The van der Waals surface area contributed by atoms with Crippen molar-refractivity contribution in [3.05, 3.63) is 83.5 Å². The van der Waals surface area contributed by atoms with Gasteiger partial charge in [0.05, 0.1) is 5.92 Å². The Kier molecular flexibility index (Phi) is 10.6. The minimum absolute atomic E-state index is 0.296. The van der Waals surface area contributed by atoms with E-state index >= 15 is 0 Å². The number of fused-ring (bicyclic) bond motifs is 1. The van der Waals surface area contributed by atoms with E-state index in [1.807, 2.05) is 0 Å². The number of unbranched alkanes of at least 4 members (excludes halogenated alkanes) is 1. The second kappa shape index (κ2) is 14.5. The van der Waals surface area contributed by atoms with E-state index < -0.39 is 11.9 Å². The molecular weight excluding hydrogens is 483 g/mol. The first kappa shape index (κ1) is 27.6. The molecule has 2 aromatic heterocycles. The van der Waals surface area contributed by atoms with Crippen LogP contribution in [0.4, 0.5) is 4.39 Å². The second-order valence-corrected chi connectivity index (χ2v) is 9.95. The van der Waals surface area contributed by atoms with E-state index in [-0.39, 0.29) is 5.82 Å². The normalized spacial score (nSPS) is 13.7. The van der Waals surface area contributed by atoms with Crippen LogP contribution in [0.3, 0.4) is 0 Å². The van der Waals surface area contributed by atoms with Gasteiger partial charge in [0.15, 0.2) is 0 Å². The maximum Gasteiger partial charge on any atom is 0.306 e. The van der Waals surface area contributed by atoms with Crippen LogP contribution in [0, 0.1) is 11.7 Å². The number of pyridine rings is 1. The molecule has 7 nitrogen and oxygen atoms in total. The summed E-state index contributed by atoms with van der Waals surface area (Å²) in [5, 5.41) is 9.79. The molecule has 38 heavy (non-hydrogen) atoms. The number of hydrogen-bond acceptors (Lipinski definition) is 6. The number of aromatic nitrogens is 3. The van der Waals surface area contributed by atoms with E-state index in [1.54, 1.807) is 24.4 Å². The van der Waals surface area contributed by atoms with Gasteiger partial charge in [-0.2, -0.15) is 0 Å². The van der Waals surface area contributed by atoms with Gasteiger partial charge >= 0.3 is 5.97 Å². The van der Waals surface area contributed by atoms with Crippen LogP contribution in [0.15, 0.2) is 55.0 Å². The van der Waals surface area contributed by atoms with Crippen LogP contribution in [0.2, 0.25) is 0 Å². The number of halogens is 1. The Morgan fingerprint density at radius 3 is 2.63 bits per heavy atom. The number of aryl methyl sites for hydroxylation is 3. The molecule has 1 aliphatic rings. The number of carboxylic acids is 1. The minimum Gasteiger partial charge on any atom is -0.492 e. The average molecular weight is 521 g/mol. The summed E-state index contributed by atoms with van der Waals surface area (Å²) >= 11 is 0. The van der Waals surface area contributed by atoms with Gasteiger partial charge < -0.3 is 9.84 Å². The van der Waals surface area contributed by atoms with Gasteiger partial charge in [-0.25, -0.2) is 14.4 Å². The Morgan fingerprint density at radius 2 is 1.84 bits per heavy atom. The summed E-state index contributed by atoms with van der Waals surface area (Å²) < 4.78 is 19.0. The number of ether oxygens (including phenoxy) is 1. The lowest BCUT2D eigenvalue weighted by Gasteiger charge is -2.24. The smallest absolute Gasteiger partial charge is 0.306 e. The fourth-order valence-electron chi connectivity index (χ4n) is 4.91. The van der Waals surface area contributed by atoms with Gasteiger partial charge in [0.2, 0.25) is 0 Å². The highest BCUT2D eigenvalue weighted by Crippen LogP contribution is 2.20. The van der Waals surface area contributed by atoms with Crippen LogP contribution >= 0.6 is 0 Å². The molecule has 0 aliphatic heterocycles. The molecule has 0 spiro atoms. The lowest BCUT2D eigenvalue weighted by Crippen LogP contribution is -2.33. The number of aliphatic carboxylic acids is 1. The molecule has 0 fully saturated rings. The highest BCUT2D eigenvalue weighted by Gasteiger charge is 2.20. The summed E-state index contributed by atoms with van der Waals surface area (Å²) in [6.07, 6.45) is 11.6. The topological polar surface area (TPSA) is 88.4 Å². The molecule has 202 valence electrons. The van der Waals surface area contributed by atoms with E-state index in [9.17, 15) is 14.3 Å². The van der Waals surface area contributed by atoms with Crippen molar-refractivity contribution in [3.63, 3.8) is 0 Å². The average Bonchev–Trinajstić information content (AvgIpc) is 2.94. The first-order valence-electron chi connectivity index (χ1n) is 13.6. The van der Waals surface area contributed by atoms with Crippen molar-refractivity contribution >= 4 is 5.97 Å². The zero-order valence-corrected chi connectivity index (χ0v) is 21.9. The molecule has 0 unspecified atom stereocenters. The highest BCUT2D eigenvalue weighted by atomic mass is 19.1. The molecule has 2 heterocycles. The van der Waals surface area contributed by atoms with Crippen molar-refractivity contribution in [1.82, 2.24) is 19.9 Å². The summed E-state index contributed by atoms with van der Waals surface area (Å²) in [6, 6.07) is 12.2. The number of rotatable bonds is 15. The summed E-state index contributed by atoms with van der Waals surface area (Å²) in [4.78, 5) is 27.2. The van der Waals surface area contributed by atoms with E-state index in [0.717, 1.165) is 50.0 Å². The van der Waals surface area contributed by atoms with Crippen molar-refractivity contribution in [2.45, 2.75) is 57.8 Å². The fourth-order valence-corrected chi connectivity index (χ4v) is 4.91. The Morgan fingerprint density at radius 1 is 1.00 bits per heavy atom. The van der Waals surface area contributed by atoms with Gasteiger partial charge in [-0.1, -0.05) is 6.07 Å². The summed E-state index contributed by atoms with van der Waals surface area (Å²) in [7, 11) is 0. The molecule has 0 saturated carbocycles. The molecule has 0 bridgehead atoms. The zero-order chi connectivity index (χ0) is 26.6. The molecule has 0 radical (unpaired) electrons. The summed E-state index contributed by atoms with van der Waals surface area (Å²) in [5.41, 5.74) is 4.57. The predicted octanol–water partition coefficient (Wildman–Crippen LogP) is 4.93. The first-order valence-corrected chi connectivity index (χ1v) is 13.6. The van der Waals surface area contributed by atoms with Crippen LogP contribution in [0.5, 0.6) is 5.75 Å². The standard InChI is InChI=1S/C30H37FN4O3/c31-25-9-12-28(13-10-25)38-20-19-35(18-15-24(30(36)37)21-27-14-16-32-22-33-27)17-4-3-6-26-11-8-23-5-1-2-7-29(23)34-26/h8-14,16,22,24H,1-7,15,17-21H2,(H,36,37)/t24-/m1/s1. The van der Waals surface area contributed by atoms with E-state index in [2.05, 4.69) is 27.0 Å². The molecule has 0 amide bonds. The molecule has 1 atom stereocenters. The minimum atomic E-state index is -0.815. The fraction of sp³-hybridized carbons (Fsp3) is 0.467. The van der Waals surface area contributed by atoms with Gasteiger partial charge in [-0.3, -0.25) is 14.7 Å². The van der Waals surface area contributed by atoms with Gasteiger partial charge in [-0.05, 0) is 106 Å². The van der Waals surface area contributed by atoms with Gasteiger partial charge in [0, 0.05) is 36.2 Å². The molecule has 1 aromatic carbocycles. The number of carboxylic acid groups (broad SMARTS) is 1. The third-order valence-corrected chi connectivity index (χ3v) is 7.12. The van der Waals surface area contributed by atoms with E-state index in [0.29, 0.717) is 38.3 Å². The van der Waals surface area contributed by atoms with E-state index in [4.69, 9.17) is 9.72 Å². The third kappa shape index (κ3) is 8.87. The largest absolute Gasteiger partial charge is 0.492 e. The van der Waals surface area contributed by atoms with Crippen LogP contribution < -0.4 is 4.74 Å². The molecule has 1 aliphatic carbocycles. The first-order chi connectivity index (χ1) is 18.6. The lowest BCUT2D eigenvalue weighted by atomic mass is 9.95. The SMILES string of the molecule is O=C(O)[C@H](CCN(CCCCc1ccc2c(n1)CCCC2)CCOc1ccc(F)cc1)Cc1ccncn1. The number of benzene rings is 1. The van der Waals surface area contributed by atoms with Crippen LogP contribution in [-0.2, 0) is 30.5 Å². The van der Waals surface area contributed by atoms with Crippen molar-refractivity contribution in [3.8, 4) is 5.75 Å². The van der Waals surface area contributed by atoms with Crippen LogP contribution in [0.1, 0.15) is 54.7 Å². The quantitative estimate of drug-likeness (QED) is 0.284. The molecular formula is C30H37FN4O3. The van der Waals surface area contributed by atoms with Crippen molar-refractivity contribution in [2.24, 2.45) is 5.92 Å². The maximum atomic E-state index is 13.2. The van der Waals surface area contributed by atoms with Crippen molar-refractivity contribution < 1.29 is 19.0 Å². The Bertz CT molecular complexity index is 1140. The Labute approximate surface area is 224 Å². The molecule has 1 N–H and O–H groups in total. The van der Waals surface area contributed by atoms with Gasteiger partial charge in [-0.15, -0.1) is 0 Å². The molecule has 0 saturated heterocycles. The van der Waals surface area contributed by atoms with Crippen molar-refractivity contribution in [2.75, 3.05) is 26.2 Å². The zero-order valence-electron chi connectivity index (χ0n) is 21.9. The van der Waals surface area contributed by atoms with Crippen LogP contribution in [0.25, 0.3) is 0 Å². The predicted molar refractivity (Wildman–Crippen MR) is 144 cm³/mol. The number of hydrogen-bond donors (Lipinski definition) is 1. The summed E-state index contributed by atoms with van der Waals surface area (Å²) in [5.74, 6) is -1.01. The lowest BCUT2D eigenvalue weighted by molar-refractivity contribution is -0.142. The maximum absolute atomic E-state index is 13.2. The van der Waals surface area contributed by atoms with Gasteiger partial charge in [0.1, 0.15) is 24.5 Å². The second-order valence-electron chi connectivity index (χ2n) is 9.95. The third-order valence-electron chi connectivity index (χ3n) is 7.12. The Hall–Kier alpha value is -3.39. The van der Waals surface area contributed by atoms with Crippen LogP contribution in [-0.4, -0.2) is 57.2 Å². The number of nitrogens with zero attached hydrogens (tertiary/aromatic N) is 4. The molecule has 4 rings (SSSR count). The number of carbonyl (C=O) groups is 1. The highest BCUT2D eigenvalue weighted by molar-refractivity contribution is 5.70. The Balaban J connectivity index is 1.29. The van der Waals surface area contributed by atoms with Gasteiger partial charge in [0.25, 0.3) is 0 Å². The summed E-state index contributed by atoms with van der Waals surface area (Å²) in [6.45, 7) is 2.60.